The maximum atomic E-state index is 12.3. The first-order valence-corrected chi connectivity index (χ1v) is 8.13. The van der Waals surface area contributed by atoms with Gasteiger partial charge in [-0.3, -0.25) is 4.79 Å². The molecule has 6 nitrogen and oxygen atoms in total. The molecule has 2 heterocycles. The van der Waals surface area contributed by atoms with E-state index in [1.165, 1.54) is 12.8 Å². The molecule has 1 aliphatic heterocycles. The van der Waals surface area contributed by atoms with Gasteiger partial charge in [0, 0.05) is 24.5 Å². The quantitative estimate of drug-likeness (QED) is 0.878. The minimum Gasteiger partial charge on any atom is -0.396 e. The lowest BCUT2D eigenvalue weighted by atomic mass is 9.86. The van der Waals surface area contributed by atoms with E-state index in [0.29, 0.717) is 5.69 Å². The minimum absolute atomic E-state index is 0.00468. The van der Waals surface area contributed by atoms with Gasteiger partial charge in [0.1, 0.15) is 0 Å². The van der Waals surface area contributed by atoms with E-state index in [-0.39, 0.29) is 24.0 Å². The third-order valence-corrected chi connectivity index (χ3v) is 5.06. The van der Waals surface area contributed by atoms with Crippen molar-refractivity contribution in [3.05, 3.63) is 17.8 Å². The van der Waals surface area contributed by atoms with Crippen molar-refractivity contribution in [1.29, 1.82) is 0 Å². The molecule has 1 amide bonds. The highest BCUT2D eigenvalue weighted by Gasteiger charge is 2.39. The Morgan fingerprint density at radius 1 is 1.36 bits per heavy atom. The van der Waals surface area contributed by atoms with E-state index in [9.17, 15) is 9.90 Å². The minimum atomic E-state index is -0.224. The van der Waals surface area contributed by atoms with Crippen LogP contribution in [0.5, 0.6) is 0 Å². The zero-order valence-electron chi connectivity index (χ0n) is 13.1. The van der Waals surface area contributed by atoms with Crippen molar-refractivity contribution in [3.8, 4) is 0 Å². The van der Waals surface area contributed by atoms with E-state index in [2.05, 4.69) is 20.4 Å². The second-order valence-corrected chi connectivity index (χ2v) is 6.70. The molecule has 2 fully saturated rings. The van der Waals surface area contributed by atoms with Crippen LogP contribution in [0.1, 0.15) is 49.5 Å². The van der Waals surface area contributed by atoms with Crippen molar-refractivity contribution in [2.45, 2.75) is 45.1 Å². The van der Waals surface area contributed by atoms with Crippen LogP contribution >= 0.6 is 0 Å². The maximum Gasteiger partial charge on any atom is 0.272 e. The molecule has 1 saturated heterocycles. The number of aliphatic hydroxyl groups excluding tert-OH is 1. The molecule has 0 radical (unpaired) electrons. The number of hydrogen-bond acceptors (Lipinski definition) is 5. The van der Waals surface area contributed by atoms with Crippen molar-refractivity contribution in [2.75, 3.05) is 24.6 Å². The standard InChI is InChI=1S/C16H24N4O2/c1-16(11-21)8-4-5-13(16)17-15(22)12-6-7-14(19-18-12)20-9-2-3-10-20/h6-7,13,21H,2-5,8-11H2,1H3,(H,17,22)/t13-,16-/m0/s1. The summed E-state index contributed by atoms with van der Waals surface area (Å²) in [6.07, 6.45) is 5.24. The van der Waals surface area contributed by atoms with Gasteiger partial charge in [-0.05, 0) is 37.8 Å². The third kappa shape index (κ3) is 2.92. The van der Waals surface area contributed by atoms with Gasteiger partial charge in [-0.15, -0.1) is 10.2 Å². The molecule has 0 unspecified atom stereocenters. The highest BCUT2D eigenvalue weighted by Crippen LogP contribution is 2.37. The van der Waals surface area contributed by atoms with E-state index in [0.717, 1.165) is 38.2 Å². The molecule has 120 valence electrons. The van der Waals surface area contributed by atoms with E-state index < -0.39 is 0 Å². The first-order valence-electron chi connectivity index (χ1n) is 8.13. The monoisotopic (exact) mass is 304 g/mol. The van der Waals surface area contributed by atoms with E-state index in [4.69, 9.17) is 0 Å². The summed E-state index contributed by atoms with van der Waals surface area (Å²) >= 11 is 0. The second kappa shape index (κ2) is 6.20. The van der Waals surface area contributed by atoms with Crippen molar-refractivity contribution in [3.63, 3.8) is 0 Å². The zero-order valence-corrected chi connectivity index (χ0v) is 13.1. The fourth-order valence-electron chi connectivity index (χ4n) is 3.46. The number of hydrogen-bond donors (Lipinski definition) is 2. The summed E-state index contributed by atoms with van der Waals surface area (Å²) < 4.78 is 0. The molecule has 0 spiro atoms. The molecule has 2 atom stereocenters. The Balaban J connectivity index is 1.65. The normalized spacial score (nSPS) is 28.1. The predicted octanol–water partition coefficient (Wildman–Crippen LogP) is 1.36. The Bertz CT molecular complexity index is 527. The molecular formula is C16H24N4O2. The average molecular weight is 304 g/mol. The topological polar surface area (TPSA) is 78.4 Å². The molecule has 1 aromatic rings. The summed E-state index contributed by atoms with van der Waals surface area (Å²) in [7, 11) is 0. The summed E-state index contributed by atoms with van der Waals surface area (Å²) in [5, 5.41) is 20.8. The summed E-state index contributed by atoms with van der Waals surface area (Å²) in [6.45, 7) is 4.14. The number of carbonyl (C=O) groups excluding carboxylic acids is 1. The van der Waals surface area contributed by atoms with Crippen LogP contribution in [0.25, 0.3) is 0 Å². The lowest BCUT2D eigenvalue weighted by molar-refractivity contribution is 0.0825. The first-order chi connectivity index (χ1) is 10.6. The van der Waals surface area contributed by atoms with Crippen molar-refractivity contribution < 1.29 is 9.90 Å². The number of aromatic nitrogens is 2. The Morgan fingerprint density at radius 2 is 2.14 bits per heavy atom. The third-order valence-electron chi connectivity index (χ3n) is 5.06. The molecule has 1 aromatic heterocycles. The van der Waals surface area contributed by atoms with Crippen LogP contribution in [0.4, 0.5) is 5.82 Å². The van der Waals surface area contributed by atoms with Gasteiger partial charge in [-0.25, -0.2) is 0 Å². The molecule has 2 aliphatic rings. The Morgan fingerprint density at radius 3 is 2.77 bits per heavy atom. The number of aliphatic hydroxyl groups is 1. The van der Waals surface area contributed by atoms with Crippen LogP contribution in [0.2, 0.25) is 0 Å². The molecule has 2 N–H and O–H groups in total. The molecule has 0 bridgehead atoms. The fraction of sp³-hybridized carbons (Fsp3) is 0.688. The molecule has 22 heavy (non-hydrogen) atoms. The van der Waals surface area contributed by atoms with E-state index >= 15 is 0 Å². The number of carbonyl (C=O) groups is 1. The highest BCUT2D eigenvalue weighted by atomic mass is 16.3. The number of nitrogens with zero attached hydrogens (tertiary/aromatic N) is 3. The molecule has 1 aliphatic carbocycles. The number of amides is 1. The second-order valence-electron chi connectivity index (χ2n) is 6.70. The number of rotatable bonds is 4. The maximum absolute atomic E-state index is 12.3. The van der Waals surface area contributed by atoms with Gasteiger partial charge in [0.25, 0.3) is 5.91 Å². The SMILES string of the molecule is C[C@@]1(CO)CCC[C@@H]1NC(=O)c1ccc(N2CCCC2)nn1. The fourth-order valence-corrected chi connectivity index (χ4v) is 3.46. The summed E-state index contributed by atoms with van der Waals surface area (Å²) in [5.74, 6) is 0.641. The van der Waals surface area contributed by atoms with E-state index in [1.54, 1.807) is 6.07 Å². The van der Waals surface area contributed by atoms with Crippen LogP contribution < -0.4 is 10.2 Å². The first kappa shape index (κ1) is 15.2. The van der Waals surface area contributed by atoms with Crippen LogP contribution in [-0.2, 0) is 0 Å². The largest absolute Gasteiger partial charge is 0.396 e. The van der Waals surface area contributed by atoms with E-state index in [1.807, 2.05) is 13.0 Å². The van der Waals surface area contributed by atoms with Crippen LogP contribution in [0, 0.1) is 5.41 Å². The van der Waals surface area contributed by atoms with Crippen LogP contribution in [0.3, 0.4) is 0 Å². The molecule has 6 heteroatoms. The van der Waals surface area contributed by atoms with Gasteiger partial charge in [0.15, 0.2) is 11.5 Å². The van der Waals surface area contributed by atoms with Crippen LogP contribution in [0.15, 0.2) is 12.1 Å². The van der Waals surface area contributed by atoms with Crippen LogP contribution in [-0.4, -0.2) is 46.9 Å². The Kier molecular flexibility index (Phi) is 4.29. The lowest BCUT2D eigenvalue weighted by Crippen LogP contribution is -2.45. The average Bonchev–Trinajstić information content (AvgIpc) is 3.19. The summed E-state index contributed by atoms with van der Waals surface area (Å²) in [6, 6.07) is 3.61. The van der Waals surface area contributed by atoms with Gasteiger partial charge in [-0.1, -0.05) is 13.3 Å². The Labute approximate surface area is 130 Å². The number of nitrogens with one attached hydrogen (secondary N) is 1. The highest BCUT2D eigenvalue weighted by molar-refractivity contribution is 5.92. The van der Waals surface area contributed by atoms with Gasteiger partial charge in [0.2, 0.25) is 0 Å². The summed E-state index contributed by atoms with van der Waals surface area (Å²) in [4.78, 5) is 14.5. The van der Waals surface area contributed by atoms with Gasteiger partial charge < -0.3 is 15.3 Å². The molecular weight excluding hydrogens is 280 g/mol. The Hall–Kier alpha value is -1.69. The molecule has 1 saturated carbocycles. The van der Waals surface area contributed by atoms with Crippen molar-refractivity contribution in [2.24, 2.45) is 5.41 Å². The molecule has 0 aromatic carbocycles. The van der Waals surface area contributed by atoms with Gasteiger partial charge in [0.05, 0.1) is 6.61 Å². The van der Waals surface area contributed by atoms with Gasteiger partial charge >= 0.3 is 0 Å². The van der Waals surface area contributed by atoms with Crippen molar-refractivity contribution in [1.82, 2.24) is 15.5 Å². The summed E-state index contributed by atoms with van der Waals surface area (Å²) in [5.41, 5.74) is 0.119. The lowest BCUT2D eigenvalue weighted by Gasteiger charge is -2.29. The predicted molar refractivity (Wildman–Crippen MR) is 83.8 cm³/mol. The van der Waals surface area contributed by atoms with Gasteiger partial charge in [-0.2, -0.15) is 0 Å². The number of anilines is 1. The smallest absolute Gasteiger partial charge is 0.272 e. The van der Waals surface area contributed by atoms with Crippen molar-refractivity contribution >= 4 is 11.7 Å². The zero-order chi connectivity index (χ0) is 15.6. The molecule has 3 rings (SSSR count).